The lowest BCUT2D eigenvalue weighted by molar-refractivity contribution is -0.121. The van der Waals surface area contributed by atoms with Gasteiger partial charge in [-0.3, -0.25) is 4.79 Å². The third kappa shape index (κ3) is 5.24. The van der Waals surface area contributed by atoms with Gasteiger partial charge in [0.25, 0.3) is 0 Å². The predicted octanol–water partition coefficient (Wildman–Crippen LogP) is 2.80. The summed E-state index contributed by atoms with van der Waals surface area (Å²) in [5.41, 5.74) is 4.36. The summed E-state index contributed by atoms with van der Waals surface area (Å²) in [6, 6.07) is 13.3. The molecule has 2 aromatic rings. The van der Waals surface area contributed by atoms with Crippen LogP contribution in [0.25, 0.3) is 0 Å². The lowest BCUT2D eigenvalue weighted by Gasteiger charge is -2.12. The van der Waals surface area contributed by atoms with E-state index >= 15 is 0 Å². The topological polar surface area (TPSA) is 69.2 Å². The van der Waals surface area contributed by atoms with Crippen molar-refractivity contribution in [1.82, 2.24) is 5.43 Å². The molecular formula is C19H22N2O4. The quantitative estimate of drug-likeness (QED) is 0.592. The maximum absolute atomic E-state index is 11.9. The minimum absolute atomic E-state index is 0.146. The lowest BCUT2D eigenvalue weighted by Crippen LogP contribution is -2.17. The number of nitrogens with one attached hydrogen (secondary N) is 1. The molecule has 0 bridgehead atoms. The van der Waals surface area contributed by atoms with Crippen molar-refractivity contribution in [2.45, 2.75) is 12.8 Å². The Balaban J connectivity index is 1.96. The van der Waals surface area contributed by atoms with Gasteiger partial charge in [-0.05, 0) is 24.1 Å². The van der Waals surface area contributed by atoms with Crippen LogP contribution in [0.15, 0.2) is 47.6 Å². The van der Waals surface area contributed by atoms with Gasteiger partial charge in [0, 0.05) is 12.0 Å². The average molecular weight is 342 g/mol. The van der Waals surface area contributed by atoms with Crippen LogP contribution in [0.5, 0.6) is 17.2 Å². The monoisotopic (exact) mass is 342 g/mol. The van der Waals surface area contributed by atoms with Crippen LogP contribution in [0.4, 0.5) is 0 Å². The average Bonchev–Trinajstić information content (AvgIpc) is 2.66. The number of hydrazone groups is 1. The number of amides is 1. The van der Waals surface area contributed by atoms with Gasteiger partial charge in [0.2, 0.25) is 11.7 Å². The minimum Gasteiger partial charge on any atom is -0.493 e. The summed E-state index contributed by atoms with van der Waals surface area (Å²) >= 11 is 0. The normalized spacial score (nSPS) is 10.5. The van der Waals surface area contributed by atoms with Crippen molar-refractivity contribution in [1.29, 1.82) is 0 Å². The van der Waals surface area contributed by atoms with Crippen molar-refractivity contribution in [2.75, 3.05) is 21.3 Å². The van der Waals surface area contributed by atoms with E-state index in [1.165, 1.54) is 6.21 Å². The summed E-state index contributed by atoms with van der Waals surface area (Å²) in [7, 11) is 4.63. The molecule has 2 aromatic carbocycles. The zero-order valence-corrected chi connectivity index (χ0v) is 14.6. The molecule has 0 aromatic heterocycles. The van der Waals surface area contributed by atoms with E-state index in [-0.39, 0.29) is 5.91 Å². The van der Waals surface area contributed by atoms with E-state index in [0.717, 1.165) is 11.1 Å². The van der Waals surface area contributed by atoms with Gasteiger partial charge in [-0.25, -0.2) is 5.43 Å². The Morgan fingerprint density at radius 2 is 1.68 bits per heavy atom. The minimum atomic E-state index is -0.146. The van der Waals surface area contributed by atoms with Crippen molar-refractivity contribution in [3.63, 3.8) is 0 Å². The zero-order chi connectivity index (χ0) is 18.1. The first-order valence-electron chi connectivity index (χ1n) is 7.83. The molecule has 0 aliphatic heterocycles. The van der Waals surface area contributed by atoms with Gasteiger partial charge in [-0.1, -0.05) is 30.3 Å². The number of carbonyl (C=O) groups excluding carboxylic acids is 1. The fourth-order valence-electron chi connectivity index (χ4n) is 2.31. The van der Waals surface area contributed by atoms with E-state index in [0.29, 0.717) is 30.1 Å². The standard InChI is InChI=1S/C19H22N2O4/c1-23-16-11-15(12-17(24-2)19(16)25-3)13-20-21-18(22)10-9-14-7-5-4-6-8-14/h4-8,11-13H,9-10H2,1-3H3,(H,21,22)/b20-13+. The SMILES string of the molecule is COc1cc(/C=N/NC(=O)CCc2ccccc2)cc(OC)c1OC. The molecule has 1 amide bonds. The van der Waals surface area contributed by atoms with Crippen molar-refractivity contribution < 1.29 is 19.0 Å². The maximum Gasteiger partial charge on any atom is 0.240 e. The van der Waals surface area contributed by atoms with Crippen molar-refractivity contribution in [3.8, 4) is 17.2 Å². The Hall–Kier alpha value is -3.02. The lowest BCUT2D eigenvalue weighted by atomic mass is 10.1. The van der Waals surface area contributed by atoms with Crippen LogP contribution >= 0.6 is 0 Å². The number of carbonyl (C=O) groups is 1. The van der Waals surface area contributed by atoms with E-state index in [9.17, 15) is 4.79 Å². The third-order valence-corrected chi connectivity index (χ3v) is 3.57. The highest BCUT2D eigenvalue weighted by Crippen LogP contribution is 2.37. The summed E-state index contributed by atoms with van der Waals surface area (Å²) in [5.74, 6) is 1.42. The van der Waals surface area contributed by atoms with Gasteiger partial charge >= 0.3 is 0 Å². The molecule has 0 fully saturated rings. The molecule has 2 rings (SSSR count). The van der Waals surface area contributed by atoms with Crippen LogP contribution in [-0.2, 0) is 11.2 Å². The number of hydrogen-bond donors (Lipinski definition) is 1. The number of aryl methyl sites for hydroxylation is 1. The van der Waals surface area contributed by atoms with Gasteiger partial charge in [0.1, 0.15) is 0 Å². The van der Waals surface area contributed by atoms with E-state index in [4.69, 9.17) is 14.2 Å². The molecule has 0 saturated carbocycles. The molecule has 0 atom stereocenters. The van der Waals surface area contributed by atoms with E-state index in [2.05, 4.69) is 10.5 Å². The summed E-state index contributed by atoms with van der Waals surface area (Å²) in [6.45, 7) is 0. The van der Waals surface area contributed by atoms with Crippen LogP contribution in [0, 0.1) is 0 Å². The van der Waals surface area contributed by atoms with Crippen LogP contribution < -0.4 is 19.6 Å². The number of hydrogen-bond acceptors (Lipinski definition) is 5. The first-order chi connectivity index (χ1) is 12.2. The predicted molar refractivity (Wildman–Crippen MR) is 96.6 cm³/mol. The Morgan fingerprint density at radius 3 is 2.24 bits per heavy atom. The first kappa shape index (κ1) is 18.3. The molecule has 132 valence electrons. The molecular weight excluding hydrogens is 320 g/mol. The highest BCUT2D eigenvalue weighted by atomic mass is 16.5. The highest BCUT2D eigenvalue weighted by Gasteiger charge is 2.12. The van der Waals surface area contributed by atoms with Gasteiger partial charge in [-0.15, -0.1) is 0 Å². The molecule has 25 heavy (non-hydrogen) atoms. The largest absolute Gasteiger partial charge is 0.493 e. The molecule has 0 unspecified atom stereocenters. The highest BCUT2D eigenvalue weighted by molar-refractivity contribution is 5.84. The smallest absolute Gasteiger partial charge is 0.240 e. The molecule has 0 saturated heterocycles. The Labute approximate surface area is 147 Å². The number of methoxy groups -OCH3 is 3. The Kier molecular flexibility index (Phi) is 6.83. The van der Waals surface area contributed by atoms with Crippen LogP contribution in [-0.4, -0.2) is 33.5 Å². The van der Waals surface area contributed by atoms with Crippen LogP contribution in [0.3, 0.4) is 0 Å². The second kappa shape index (κ2) is 9.32. The number of rotatable bonds is 8. The van der Waals surface area contributed by atoms with Crippen molar-refractivity contribution in [3.05, 3.63) is 53.6 Å². The Morgan fingerprint density at radius 1 is 1.04 bits per heavy atom. The molecule has 6 heteroatoms. The molecule has 0 heterocycles. The zero-order valence-electron chi connectivity index (χ0n) is 14.6. The summed E-state index contributed by atoms with van der Waals surface area (Å²) in [6.07, 6.45) is 2.58. The van der Waals surface area contributed by atoms with Gasteiger partial charge < -0.3 is 14.2 Å². The van der Waals surface area contributed by atoms with Gasteiger partial charge in [0.15, 0.2) is 11.5 Å². The fourth-order valence-corrected chi connectivity index (χ4v) is 2.31. The third-order valence-electron chi connectivity index (χ3n) is 3.57. The molecule has 0 aliphatic carbocycles. The molecule has 0 spiro atoms. The van der Waals surface area contributed by atoms with E-state index in [1.807, 2.05) is 30.3 Å². The molecule has 1 N–H and O–H groups in total. The van der Waals surface area contributed by atoms with Crippen molar-refractivity contribution >= 4 is 12.1 Å². The molecule has 6 nitrogen and oxygen atoms in total. The number of benzene rings is 2. The van der Waals surface area contributed by atoms with Gasteiger partial charge in [-0.2, -0.15) is 5.10 Å². The van der Waals surface area contributed by atoms with Crippen molar-refractivity contribution in [2.24, 2.45) is 5.10 Å². The van der Waals surface area contributed by atoms with E-state index < -0.39 is 0 Å². The molecule has 0 radical (unpaired) electrons. The summed E-state index contributed by atoms with van der Waals surface area (Å²) in [5, 5.41) is 3.98. The Bertz CT molecular complexity index is 704. The molecule has 0 aliphatic rings. The fraction of sp³-hybridized carbons (Fsp3) is 0.263. The van der Waals surface area contributed by atoms with Gasteiger partial charge in [0.05, 0.1) is 27.5 Å². The van der Waals surface area contributed by atoms with Crippen LogP contribution in [0.2, 0.25) is 0 Å². The number of ether oxygens (including phenoxy) is 3. The summed E-state index contributed by atoms with van der Waals surface area (Å²) in [4.78, 5) is 11.9. The second-order valence-corrected chi connectivity index (χ2v) is 5.24. The summed E-state index contributed by atoms with van der Waals surface area (Å²) < 4.78 is 15.8. The maximum atomic E-state index is 11.9. The van der Waals surface area contributed by atoms with Crippen LogP contribution in [0.1, 0.15) is 17.5 Å². The number of nitrogens with zero attached hydrogens (tertiary/aromatic N) is 1. The first-order valence-corrected chi connectivity index (χ1v) is 7.83. The van der Waals surface area contributed by atoms with E-state index in [1.54, 1.807) is 33.5 Å². The second-order valence-electron chi connectivity index (χ2n) is 5.24.